The standard InChI is InChI=1S/C10H22N2O2/c1-10(8-11,12-4-2-5-13)9-3-6-14-7-9/h9,12-13H,2-8,11H2,1H3. The molecule has 0 spiro atoms. The molecular formula is C10H22N2O2. The zero-order valence-corrected chi connectivity index (χ0v) is 8.96. The lowest BCUT2D eigenvalue weighted by molar-refractivity contribution is 0.153. The van der Waals surface area contributed by atoms with E-state index in [1.54, 1.807) is 0 Å². The molecule has 84 valence electrons. The molecule has 1 rings (SSSR count). The van der Waals surface area contributed by atoms with Gasteiger partial charge in [0.1, 0.15) is 0 Å². The highest BCUT2D eigenvalue weighted by molar-refractivity contribution is 4.93. The van der Waals surface area contributed by atoms with Crippen LogP contribution in [0.15, 0.2) is 0 Å². The van der Waals surface area contributed by atoms with Gasteiger partial charge in [0.15, 0.2) is 0 Å². The van der Waals surface area contributed by atoms with Crippen LogP contribution in [-0.4, -0.2) is 43.6 Å². The molecule has 14 heavy (non-hydrogen) atoms. The molecule has 0 aromatic carbocycles. The van der Waals surface area contributed by atoms with E-state index in [4.69, 9.17) is 15.6 Å². The van der Waals surface area contributed by atoms with Gasteiger partial charge in [0.25, 0.3) is 0 Å². The Morgan fingerprint density at radius 3 is 2.93 bits per heavy atom. The number of nitrogens with one attached hydrogen (secondary N) is 1. The molecular weight excluding hydrogens is 180 g/mol. The van der Waals surface area contributed by atoms with Crippen molar-refractivity contribution in [1.82, 2.24) is 5.32 Å². The SMILES string of the molecule is CC(CN)(NCCCO)C1CCOC1. The van der Waals surface area contributed by atoms with Crippen molar-refractivity contribution in [2.24, 2.45) is 11.7 Å². The van der Waals surface area contributed by atoms with Crippen LogP contribution in [0.5, 0.6) is 0 Å². The summed E-state index contributed by atoms with van der Waals surface area (Å²) in [6.45, 7) is 5.47. The van der Waals surface area contributed by atoms with Crippen LogP contribution in [0.25, 0.3) is 0 Å². The van der Waals surface area contributed by atoms with Crippen LogP contribution in [0.1, 0.15) is 19.8 Å². The molecule has 0 saturated carbocycles. The fourth-order valence-electron chi connectivity index (χ4n) is 1.87. The van der Waals surface area contributed by atoms with E-state index in [-0.39, 0.29) is 12.1 Å². The van der Waals surface area contributed by atoms with Crippen molar-refractivity contribution in [3.8, 4) is 0 Å². The van der Waals surface area contributed by atoms with Crippen molar-refractivity contribution >= 4 is 0 Å². The summed E-state index contributed by atoms with van der Waals surface area (Å²) in [5, 5.41) is 12.1. The Bertz CT molecular complexity index is 160. The molecule has 4 heteroatoms. The molecule has 0 amide bonds. The zero-order chi connectivity index (χ0) is 10.4. The van der Waals surface area contributed by atoms with Crippen LogP contribution >= 0.6 is 0 Å². The second kappa shape index (κ2) is 5.66. The van der Waals surface area contributed by atoms with E-state index in [2.05, 4.69) is 12.2 Å². The van der Waals surface area contributed by atoms with Crippen molar-refractivity contribution < 1.29 is 9.84 Å². The maximum Gasteiger partial charge on any atom is 0.0513 e. The highest BCUT2D eigenvalue weighted by atomic mass is 16.5. The first-order valence-corrected chi connectivity index (χ1v) is 5.36. The fourth-order valence-corrected chi connectivity index (χ4v) is 1.87. The summed E-state index contributed by atoms with van der Waals surface area (Å²) in [5.74, 6) is 0.506. The maximum atomic E-state index is 8.71. The van der Waals surface area contributed by atoms with Gasteiger partial charge in [-0.25, -0.2) is 0 Å². The second-order valence-electron chi connectivity index (χ2n) is 4.19. The largest absolute Gasteiger partial charge is 0.396 e. The van der Waals surface area contributed by atoms with Gasteiger partial charge in [-0.05, 0) is 26.3 Å². The van der Waals surface area contributed by atoms with Crippen LogP contribution in [0, 0.1) is 5.92 Å². The number of nitrogens with two attached hydrogens (primary N) is 1. The maximum absolute atomic E-state index is 8.71. The third kappa shape index (κ3) is 2.92. The molecule has 1 aliphatic rings. The van der Waals surface area contributed by atoms with E-state index in [1.807, 2.05) is 0 Å². The lowest BCUT2D eigenvalue weighted by atomic mass is 9.85. The summed E-state index contributed by atoms with van der Waals surface area (Å²) in [7, 11) is 0. The number of aliphatic hydroxyl groups excluding tert-OH is 1. The van der Waals surface area contributed by atoms with Crippen LogP contribution in [-0.2, 0) is 4.74 Å². The van der Waals surface area contributed by atoms with Crippen molar-refractivity contribution in [3.63, 3.8) is 0 Å². The van der Waals surface area contributed by atoms with Crippen molar-refractivity contribution in [2.45, 2.75) is 25.3 Å². The Morgan fingerprint density at radius 2 is 2.43 bits per heavy atom. The van der Waals surface area contributed by atoms with E-state index in [1.165, 1.54) is 0 Å². The lowest BCUT2D eigenvalue weighted by Crippen LogP contribution is -2.54. The average Bonchev–Trinajstić information content (AvgIpc) is 2.71. The first-order valence-electron chi connectivity index (χ1n) is 5.36. The number of hydrogen-bond acceptors (Lipinski definition) is 4. The van der Waals surface area contributed by atoms with Crippen LogP contribution in [0.3, 0.4) is 0 Å². The van der Waals surface area contributed by atoms with Gasteiger partial charge in [0.2, 0.25) is 0 Å². The third-order valence-corrected chi connectivity index (χ3v) is 3.12. The van der Waals surface area contributed by atoms with E-state index in [9.17, 15) is 0 Å². The molecule has 0 aromatic rings. The monoisotopic (exact) mass is 202 g/mol. The highest BCUT2D eigenvalue weighted by Crippen LogP contribution is 2.24. The molecule has 1 aliphatic heterocycles. The predicted molar refractivity (Wildman–Crippen MR) is 56.1 cm³/mol. The van der Waals surface area contributed by atoms with Gasteiger partial charge >= 0.3 is 0 Å². The average molecular weight is 202 g/mol. The predicted octanol–water partition coefficient (Wildman–Crippen LogP) is -0.288. The number of aliphatic hydroxyl groups is 1. The van der Waals surface area contributed by atoms with Gasteiger partial charge in [-0.1, -0.05) is 0 Å². The lowest BCUT2D eigenvalue weighted by Gasteiger charge is -2.34. The second-order valence-corrected chi connectivity index (χ2v) is 4.19. The van der Waals surface area contributed by atoms with Crippen LogP contribution in [0.4, 0.5) is 0 Å². The quantitative estimate of drug-likeness (QED) is 0.518. The molecule has 0 aliphatic carbocycles. The van der Waals surface area contributed by atoms with Crippen molar-refractivity contribution in [1.29, 1.82) is 0 Å². The van der Waals surface area contributed by atoms with Crippen molar-refractivity contribution in [2.75, 3.05) is 32.9 Å². The minimum atomic E-state index is -0.0360. The Labute approximate surface area is 85.8 Å². The Morgan fingerprint density at radius 1 is 1.64 bits per heavy atom. The molecule has 0 bridgehead atoms. The molecule has 1 heterocycles. The minimum absolute atomic E-state index is 0.0360. The Balaban J connectivity index is 2.38. The molecule has 0 radical (unpaired) electrons. The number of rotatable bonds is 6. The fraction of sp³-hybridized carbons (Fsp3) is 1.00. The summed E-state index contributed by atoms with van der Waals surface area (Å²) < 4.78 is 5.37. The van der Waals surface area contributed by atoms with E-state index in [0.29, 0.717) is 12.5 Å². The van der Waals surface area contributed by atoms with Crippen LogP contribution in [0.2, 0.25) is 0 Å². The molecule has 4 N–H and O–H groups in total. The highest BCUT2D eigenvalue weighted by Gasteiger charge is 2.34. The first-order chi connectivity index (χ1) is 6.73. The van der Waals surface area contributed by atoms with Gasteiger partial charge in [-0.2, -0.15) is 0 Å². The summed E-state index contributed by atoms with van der Waals surface area (Å²) >= 11 is 0. The van der Waals surface area contributed by atoms with E-state index in [0.717, 1.165) is 32.6 Å². The number of ether oxygens (including phenoxy) is 1. The molecule has 1 saturated heterocycles. The van der Waals surface area contributed by atoms with Crippen molar-refractivity contribution in [3.05, 3.63) is 0 Å². The summed E-state index contributed by atoms with van der Waals surface area (Å²) in [5.41, 5.74) is 5.75. The molecule has 0 aromatic heterocycles. The third-order valence-electron chi connectivity index (χ3n) is 3.12. The molecule has 2 unspecified atom stereocenters. The first kappa shape index (κ1) is 11.9. The molecule has 1 fully saturated rings. The summed E-state index contributed by atoms with van der Waals surface area (Å²) in [6, 6.07) is 0. The molecule has 2 atom stereocenters. The van der Waals surface area contributed by atoms with E-state index < -0.39 is 0 Å². The zero-order valence-electron chi connectivity index (χ0n) is 8.96. The van der Waals surface area contributed by atoms with Crippen LogP contribution < -0.4 is 11.1 Å². The van der Waals surface area contributed by atoms with Gasteiger partial charge in [-0.15, -0.1) is 0 Å². The van der Waals surface area contributed by atoms with Gasteiger partial charge in [0, 0.05) is 31.2 Å². The Hall–Kier alpha value is -0.160. The topological polar surface area (TPSA) is 67.5 Å². The summed E-state index contributed by atoms with van der Waals surface area (Å²) in [6.07, 6.45) is 1.86. The normalized spacial score (nSPS) is 26.4. The Kier molecular flexibility index (Phi) is 4.81. The van der Waals surface area contributed by atoms with Gasteiger partial charge in [0.05, 0.1) is 6.61 Å². The van der Waals surface area contributed by atoms with E-state index >= 15 is 0 Å². The molecule has 4 nitrogen and oxygen atoms in total. The smallest absolute Gasteiger partial charge is 0.0513 e. The van der Waals surface area contributed by atoms with Gasteiger partial charge in [-0.3, -0.25) is 0 Å². The minimum Gasteiger partial charge on any atom is -0.396 e. The number of hydrogen-bond donors (Lipinski definition) is 3. The van der Waals surface area contributed by atoms with Gasteiger partial charge < -0.3 is 20.9 Å². The summed E-state index contributed by atoms with van der Waals surface area (Å²) in [4.78, 5) is 0.